The summed E-state index contributed by atoms with van der Waals surface area (Å²) in [6.45, 7) is 6.59. The standard InChI is InChI=1S/C23H44O/c1-3-5-7-20-8-10-21(11-9-20)12-13-22-14-16-23(17-15-22)19-24-18-6-4-2/h20-23H,3-19H2,1-2H3. The summed E-state index contributed by atoms with van der Waals surface area (Å²) in [5.41, 5.74) is 0. The highest BCUT2D eigenvalue weighted by Crippen LogP contribution is 2.37. The molecule has 0 aromatic rings. The molecule has 0 N–H and O–H groups in total. The third kappa shape index (κ3) is 7.89. The van der Waals surface area contributed by atoms with Gasteiger partial charge in [-0.2, -0.15) is 0 Å². The van der Waals surface area contributed by atoms with Crippen molar-refractivity contribution in [1.29, 1.82) is 0 Å². The molecule has 0 amide bonds. The molecule has 2 fully saturated rings. The smallest absolute Gasteiger partial charge is 0.0494 e. The molecule has 2 aliphatic carbocycles. The van der Waals surface area contributed by atoms with Gasteiger partial charge < -0.3 is 4.74 Å². The van der Waals surface area contributed by atoms with Crippen LogP contribution in [0.5, 0.6) is 0 Å². The van der Waals surface area contributed by atoms with Crippen LogP contribution in [0.25, 0.3) is 0 Å². The third-order valence-corrected chi connectivity index (χ3v) is 6.88. The van der Waals surface area contributed by atoms with Crippen molar-refractivity contribution in [2.24, 2.45) is 23.7 Å². The fraction of sp³-hybridized carbons (Fsp3) is 1.00. The molecule has 0 aromatic heterocycles. The van der Waals surface area contributed by atoms with Crippen LogP contribution in [0.3, 0.4) is 0 Å². The van der Waals surface area contributed by atoms with E-state index in [4.69, 9.17) is 4.74 Å². The summed E-state index contributed by atoms with van der Waals surface area (Å²) in [5.74, 6) is 4.05. The summed E-state index contributed by atoms with van der Waals surface area (Å²) in [5, 5.41) is 0. The molecule has 2 aliphatic rings. The van der Waals surface area contributed by atoms with Gasteiger partial charge in [0.15, 0.2) is 0 Å². The van der Waals surface area contributed by atoms with Crippen molar-refractivity contribution in [3.63, 3.8) is 0 Å². The van der Waals surface area contributed by atoms with E-state index in [1.807, 2.05) is 0 Å². The van der Waals surface area contributed by atoms with Crippen molar-refractivity contribution in [2.75, 3.05) is 13.2 Å². The summed E-state index contributed by atoms with van der Waals surface area (Å²) in [6, 6.07) is 0. The lowest BCUT2D eigenvalue weighted by molar-refractivity contribution is 0.0742. The van der Waals surface area contributed by atoms with Crippen molar-refractivity contribution < 1.29 is 4.74 Å². The van der Waals surface area contributed by atoms with Crippen molar-refractivity contribution in [3.8, 4) is 0 Å². The highest BCUT2D eigenvalue weighted by atomic mass is 16.5. The Morgan fingerprint density at radius 2 is 1.04 bits per heavy atom. The molecule has 2 saturated carbocycles. The predicted octanol–water partition coefficient (Wildman–Crippen LogP) is 7.39. The first kappa shape index (κ1) is 20.3. The van der Waals surface area contributed by atoms with E-state index in [2.05, 4.69) is 13.8 Å². The zero-order valence-electron chi connectivity index (χ0n) is 16.7. The van der Waals surface area contributed by atoms with Gasteiger partial charge in [-0.05, 0) is 42.9 Å². The molecule has 0 radical (unpaired) electrons. The van der Waals surface area contributed by atoms with E-state index < -0.39 is 0 Å². The van der Waals surface area contributed by atoms with E-state index in [9.17, 15) is 0 Å². The largest absolute Gasteiger partial charge is 0.381 e. The second kappa shape index (κ2) is 12.3. The zero-order valence-corrected chi connectivity index (χ0v) is 16.7. The van der Waals surface area contributed by atoms with Crippen LogP contribution in [0.1, 0.15) is 110 Å². The molecule has 0 spiro atoms. The summed E-state index contributed by atoms with van der Waals surface area (Å²) in [6.07, 6.45) is 21.9. The molecule has 0 aliphatic heterocycles. The van der Waals surface area contributed by atoms with Gasteiger partial charge in [-0.25, -0.2) is 0 Å². The molecule has 24 heavy (non-hydrogen) atoms. The van der Waals surface area contributed by atoms with Crippen molar-refractivity contribution in [1.82, 2.24) is 0 Å². The van der Waals surface area contributed by atoms with Crippen molar-refractivity contribution in [2.45, 2.75) is 110 Å². The van der Waals surface area contributed by atoms with E-state index >= 15 is 0 Å². The molecule has 1 nitrogen and oxygen atoms in total. The van der Waals surface area contributed by atoms with Gasteiger partial charge in [0, 0.05) is 13.2 Å². The first-order valence-corrected chi connectivity index (χ1v) is 11.4. The summed E-state index contributed by atoms with van der Waals surface area (Å²) in [4.78, 5) is 0. The quantitative estimate of drug-likeness (QED) is 0.357. The fourth-order valence-corrected chi connectivity index (χ4v) is 4.96. The summed E-state index contributed by atoms with van der Waals surface area (Å²) < 4.78 is 5.84. The lowest BCUT2D eigenvalue weighted by atomic mass is 9.75. The maximum Gasteiger partial charge on any atom is 0.0494 e. The maximum atomic E-state index is 5.84. The first-order valence-electron chi connectivity index (χ1n) is 11.4. The van der Waals surface area contributed by atoms with Crippen molar-refractivity contribution in [3.05, 3.63) is 0 Å². The number of unbranched alkanes of at least 4 members (excludes halogenated alkanes) is 2. The maximum absolute atomic E-state index is 5.84. The van der Waals surface area contributed by atoms with Crippen LogP contribution in [0.4, 0.5) is 0 Å². The van der Waals surface area contributed by atoms with Crippen LogP contribution in [0.2, 0.25) is 0 Å². The van der Waals surface area contributed by atoms with Crippen LogP contribution in [-0.2, 0) is 4.74 Å². The average molecular weight is 337 g/mol. The van der Waals surface area contributed by atoms with Gasteiger partial charge in [-0.1, -0.05) is 90.9 Å². The molecule has 0 unspecified atom stereocenters. The molecular formula is C23H44O. The Labute approximate surface area is 152 Å². The van der Waals surface area contributed by atoms with Crippen LogP contribution in [0.15, 0.2) is 0 Å². The Hall–Kier alpha value is -0.0400. The Bertz CT molecular complexity index is 284. The Morgan fingerprint density at radius 1 is 0.583 bits per heavy atom. The third-order valence-electron chi connectivity index (χ3n) is 6.88. The fourth-order valence-electron chi connectivity index (χ4n) is 4.96. The first-order chi connectivity index (χ1) is 11.8. The molecule has 142 valence electrons. The van der Waals surface area contributed by atoms with Crippen LogP contribution in [-0.4, -0.2) is 13.2 Å². The van der Waals surface area contributed by atoms with E-state index in [-0.39, 0.29) is 0 Å². The number of rotatable bonds is 11. The van der Waals surface area contributed by atoms with Gasteiger partial charge >= 0.3 is 0 Å². The van der Waals surface area contributed by atoms with Gasteiger partial charge in [0.05, 0.1) is 0 Å². The van der Waals surface area contributed by atoms with E-state index in [1.54, 1.807) is 0 Å². The SMILES string of the molecule is CCCCOCC1CCC(CCC2CCC(CCCC)CC2)CC1. The van der Waals surface area contributed by atoms with Gasteiger partial charge in [0.1, 0.15) is 0 Å². The Balaban J connectivity index is 1.49. The van der Waals surface area contributed by atoms with Crippen LogP contribution in [0, 0.1) is 23.7 Å². The molecule has 0 atom stereocenters. The van der Waals surface area contributed by atoms with E-state index in [0.717, 1.165) is 36.9 Å². The number of hydrogen-bond donors (Lipinski definition) is 0. The lowest BCUT2D eigenvalue weighted by Gasteiger charge is -2.32. The minimum Gasteiger partial charge on any atom is -0.381 e. The number of ether oxygens (including phenoxy) is 1. The molecular weight excluding hydrogens is 292 g/mol. The molecule has 0 aromatic carbocycles. The Morgan fingerprint density at radius 3 is 1.54 bits per heavy atom. The predicted molar refractivity (Wildman–Crippen MR) is 105 cm³/mol. The van der Waals surface area contributed by atoms with E-state index in [0.29, 0.717) is 0 Å². The second-order valence-electron chi connectivity index (χ2n) is 8.92. The van der Waals surface area contributed by atoms with Gasteiger partial charge in [0.25, 0.3) is 0 Å². The zero-order chi connectivity index (χ0) is 17.0. The highest BCUT2D eigenvalue weighted by Gasteiger charge is 2.24. The minimum atomic E-state index is 0.868. The molecule has 1 heteroatoms. The van der Waals surface area contributed by atoms with Crippen molar-refractivity contribution >= 4 is 0 Å². The molecule has 2 rings (SSSR count). The van der Waals surface area contributed by atoms with Gasteiger partial charge in [0.2, 0.25) is 0 Å². The second-order valence-corrected chi connectivity index (χ2v) is 8.92. The molecule has 0 bridgehead atoms. The topological polar surface area (TPSA) is 9.23 Å². The average Bonchev–Trinajstić information content (AvgIpc) is 2.64. The Kier molecular flexibility index (Phi) is 10.4. The highest BCUT2D eigenvalue weighted by molar-refractivity contribution is 4.76. The number of hydrogen-bond acceptors (Lipinski definition) is 1. The van der Waals surface area contributed by atoms with Crippen LogP contribution >= 0.6 is 0 Å². The lowest BCUT2D eigenvalue weighted by Crippen LogP contribution is -2.20. The van der Waals surface area contributed by atoms with Gasteiger partial charge in [-0.3, -0.25) is 0 Å². The molecule has 0 saturated heterocycles. The molecule has 0 heterocycles. The van der Waals surface area contributed by atoms with E-state index in [1.165, 1.54) is 96.3 Å². The monoisotopic (exact) mass is 336 g/mol. The summed E-state index contributed by atoms with van der Waals surface area (Å²) in [7, 11) is 0. The minimum absolute atomic E-state index is 0.868. The van der Waals surface area contributed by atoms with Gasteiger partial charge in [-0.15, -0.1) is 0 Å². The normalized spacial score (nSPS) is 31.2. The van der Waals surface area contributed by atoms with Crippen LogP contribution < -0.4 is 0 Å². The summed E-state index contributed by atoms with van der Waals surface area (Å²) >= 11 is 0.